The number of nitrogens with one attached hydrogen (secondary N) is 1. The summed E-state index contributed by atoms with van der Waals surface area (Å²) in [5.74, 6) is 0.732. The highest BCUT2D eigenvalue weighted by Gasteiger charge is 2.18. The zero-order valence-corrected chi connectivity index (χ0v) is 20.7. The van der Waals surface area contributed by atoms with Gasteiger partial charge in [-0.2, -0.15) is 10.1 Å². The maximum absolute atomic E-state index is 12.4. The number of aryl methyl sites for hydroxylation is 1. The summed E-state index contributed by atoms with van der Waals surface area (Å²) in [6.45, 7) is 8.08. The van der Waals surface area contributed by atoms with Crippen molar-refractivity contribution in [2.45, 2.75) is 39.8 Å². The van der Waals surface area contributed by atoms with Gasteiger partial charge in [0.2, 0.25) is 5.95 Å². The van der Waals surface area contributed by atoms with E-state index in [0.29, 0.717) is 24.6 Å². The Kier molecular flexibility index (Phi) is 6.91. The Morgan fingerprint density at radius 2 is 1.91 bits per heavy atom. The van der Waals surface area contributed by atoms with E-state index in [4.69, 9.17) is 10.4 Å². The SMILES string of the molecule is CC(C)NC(=O)c1cccc(OBN(c2cccc(-c3nn(C)c4nc(N)ncc34)c2)C(C)C)c1. The molecule has 0 aliphatic heterocycles. The van der Waals surface area contributed by atoms with Gasteiger partial charge >= 0.3 is 7.62 Å². The van der Waals surface area contributed by atoms with Gasteiger partial charge in [0.25, 0.3) is 5.91 Å². The van der Waals surface area contributed by atoms with Gasteiger partial charge in [0.1, 0.15) is 11.4 Å². The van der Waals surface area contributed by atoms with Crippen LogP contribution in [0, 0.1) is 0 Å². The third-order valence-corrected chi connectivity index (χ3v) is 5.56. The lowest BCUT2D eigenvalue weighted by molar-refractivity contribution is 0.0943. The van der Waals surface area contributed by atoms with Crippen LogP contribution in [-0.4, -0.2) is 45.4 Å². The fourth-order valence-electron chi connectivity index (χ4n) is 3.83. The van der Waals surface area contributed by atoms with E-state index in [1.807, 2.05) is 51.2 Å². The quantitative estimate of drug-likeness (QED) is 0.379. The first-order valence-electron chi connectivity index (χ1n) is 11.6. The van der Waals surface area contributed by atoms with Gasteiger partial charge in [-0.05, 0) is 58.0 Å². The summed E-state index contributed by atoms with van der Waals surface area (Å²) in [4.78, 5) is 23.0. The van der Waals surface area contributed by atoms with Gasteiger partial charge in [-0.25, -0.2) is 9.67 Å². The van der Waals surface area contributed by atoms with Gasteiger partial charge in [0.05, 0.1) is 5.39 Å². The van der Waals surface area contributed by atoms with Crippen LogP contribution in [0.1, 0.15) is 38.1 Å². The van der Waals surface area contributed by atoms with Crippen LogP contribution in [0.15, 0.2) is 54.7 Å². The molecular formula is C25H30BN7O2. The number of hydrogen-bond donors (Lipinski definition) is 2. The first kappa shape index (κ1) is 24.1. The molecule has 0 aliphatic carbocycles. The largest absolute Gasteiger partial charge is 0.544 e. The van der Waals surface area contributed by atoms with E-state index in [9.17, 15) is 4.79 Å². The average molecular weight is 471 g/mol. The van der Waals surface area contributed by atoms with Crippen LogP contribution in [0.4, 0.5) is 11.6 Å². The van der Waals surface area contributed by atoms with Gasteiger partial charge in [-0.1, -0.05) is 18.2 Å². The summed E-state index contributed by atoms with van der Waals surface area (Å²) in [5, 5.41) is 8.40. The average Bonchev–Trinajstić information content (AvgIpc) is 3.14. The van der Waals surface area contributed by atoms with E-state index in [1.165, 1.54) is 0 Å². The monoisotopic (exact) mass is 471 g/mol. The van der Waals surface area contributed by atoms with Crippen molar-refractivity contribution >= 4 is 36.2 Å². The Balaban J connectivity index is 1.58. The minimum absolute atomic E-state index is 0.0657. The molecule has 2 aromatic heterocycles. The Hall–Kier alpha value is -4.08. The van der Waals surface area contributed by atoms with E-state index in [1.54, 1.807) is 23.0 Å². The fourth-order valence-corrected chi connectivity index (χ4v) is 3.83. The molecule has 0 saturated carbocycles. The third-order valence-electron chi connectivity index (χ3n) is 5.56. The van der Waals surface area contributed by atoms with E-state index in [2.05, 4.69) is 45.1 Å². The van der Waals surface area contributed by atoms with Crippen molar-refractivity contribution < 1.29 is 9.45 Å². The van der Waals surface area contributed by atoms with E-state index in [-0.39, 0.29) is 23.9 Å². The van der Waals surface area contributed by atoms with Crippen LogP contribution in [0.5, 0.6) is 5.75 Å². The second-order valence-corrected chi connectivity index (χ2v) is 8.98. The summed E-state index contributed by atoms with van der Waals surface area (Å²) in [5.41, 5.74) is 9.73. The molecule has 0 saturated heterocycles. The van der Waals surface area contributed by atoms with Crippen molar-refractivity contribution in [2.75, 3.05) is 10.5 Å². The summed E-state index contributed by atoms with van der Waals surface area (Å²) in [6, 6.07) is 15.6. The van der Waals surface area contributed by atoms with Crippen LogP contribution >= 0.6 is 0 Å². The summed E-state index contributed by atoms with van der Waals surface area (Å²) in [7, 11) is 2.16. The molecule has 35 heavy (non-hydrogen) atoms. The van der Waals surface area contributed by atoms with Crippen molar-refractivity contribution in [3.63, 3.8) is 0 Å². The molecule has 1 amide bonds. The highest BCUT2D eigenvalue weighted by Crippen LogP contribution is 2.30. The summed E-state index contributed by atoms with van der Waals surface area (Å²) < 4.78 is 7.81. The fraction of sp³-hybridized carbons (Fsp3) is 0.280. The number of nitrogens with two attached hydrogens (primary N) is 1. The lowest BCUT2D eigenvalue weighted by atomic mass is 10.0. The number of amides is 1. The zero-order chi connectivity index (χ0) is 25.1. The molecule has 0 fully saturated rings. The standard InChI is InChI=1S/C25H30BN7O2/c1-15(2)29-24(34)18-9-7-11-20(13-18)35-26-33(16(3)4)19-10-6-8-17(12-19)22-21-14-28-25(27)30-23(21)32(5)31-22/h6-16,26H,1-5H3,(H,29,34)(H2,27,28,30). The second kappa shape index (κ2) is 10.0. The smallest absolute Gasteiger partial charge is 0.464 e. The maximum atomic E-state index is 12.4. The van der Waals surface area contributed by atoms with Crippen LogP contribution in [-0.2, 0) is 7.05 Å². The van der Waals surface area contributed by atoms with Crippen molar-refractivity contribution in [3.05, 3.63) is 60.3 Å². The molecule has 0 bridgehead atoms. The molecule has 4 aromatic rings. The van der Waals surface area contributed by atoms with Crippen molar-refractivity contribution in [1.82, 2.24) is 25.1 Å². The van der Waals surface area contributed by atoms with Crippen molar-refractivity contribution in [1.29, 1.82) is 0 Å². The molecule has 0 radical (unpaired) electrons. The number of rotatable bonds is 8. The number of benzene rings is 2. The Bertz CT molecular complexity index is 1350. The molecule has 180 valence electrons. The molecule has 2 aromatic carbocycles. The first-order valence-corrected chi connectivity index (χ1v) is 11.6. The molecule has 2 heterocycles. The number of nitrogens with zero attached hydrogens (tertiary/aromatic N) is 5. The molecule has 0 unspecified atom stereocenters. The Morgan fingerprint density at radius 3 is 2.66 bits per heavy atom. The van der Waals surface area contributed by atoms with E-state index in [0.717, 1.165) is 22.3 Å². The molecule has 0 aliphatic rings. The highest BCUT2D eigenvalue weighted by atomic mass is 16.4. The lowest BCUT2D eigenvalue weighted by Crippen LogP contribution is -2.37. The zero-order valence-electron chi connectivity index (χ0n) is 20.7. The summed E-state index contributed by atoms with van der Waals surface area (Å²) >= 11 is 0. The van der Waals surface area contributed by atoms with Crippen LogP contribution < -0.4 is 20.5 Å². The second-order valence-electron chi connectivity index (χ2n) is 8.98. The topological polar surface area (TPSA) is 111 Å². The number of nitrogen functional groups attached to an aromatic ring is 1. The Morgan fingerprint density at radius 1 is 1.14 bits per heavy atom. The first-order chi connectivity index (χ1) is 16.7. The van der Waals surface area contributed by atoms with E-state index < -0.39 is 0 Å². The molecule has 4 rings (SSSR count). The third kappa shape index (κ3) is 5.37. The van der Waals surface area contributed by atoms with Crippen molar-refractivity contribution in [3.8, 4) is 17.0 Å². The highest BCUT2D eigenvalue weighted by molar-refractivity contribution is 6.35. The maximum Gasteiger partial charge on any atom is 0.464 e. The van der Waals surface area contributed by atoms with Crippen molar-refractivity contribution in [2.24, 2.45) is 7.05 Å². The van der Waals surface area contributed by atoms with Gasteiger partial charge in [-0.3, -0.25) is 4.79 Å². The molecule has 10 heteroatoms. The van der Waals surface area contributed by atoms with Crippen LogP contribution in [0.3, 0.4) is 0 Å². The predicted octanol–water partition coefficient (Wildman–Crippen LogP) is 3.31. The number of fused-ring (bicyclic) bond motifs is 1. The predicted molar refractivity (Wildman–Crippen MR) is 141 cm³/mol. The van der Waals surface area contributed by atoms with Gasteiger partial charge in [-0.15, -0.1) is 0 Å². The molecular weight excluding hydrogens is 441 g/mol. The number of carbonyl (C=O) groups is 1. The van der Waals surface area contributed by atoms with Gasteiger partial charge in [0, 0.05) is 42.1 Å². The van der Waals surface area contributed by atoms with E-state index >= 15 is 0 Å². The molecule has 9 nitrogen and oxygen atoms in total. The molecule has 0 spiro atoms. The summed E-state index contributed by atoms with van der Waals surface area (Å²) in [6.07, 6.45) is 1.71. The Labute approximate surface area is 205 Å². The molecule has 0 atom stereocenters. The minimum atomic E-state index is -0.118. The normalized spacial score (nSPS) is 11.2. The number of anilines is 2. The van der Waals surface area contributed by atoms with Crippen LogP contribution in [0.2, 0.25) is 0 Å². The number of aromatic nitrogens is 4. The number of hydrogen-bond acceptors (Lipinski definition) is 7. The van der Waals surface area contributed by atoms with Gasteiger partial charge in [0.15, 0.2) is 5.65 Å². The van der Waals surface area contributed by atoms with Gasteiger partial charge < -0.3 is 20.5 Å². The molecule has 3 N–H and O–H groups in total. The number of carbonyl (C=O) groups excluding carboxylic acids is 1. The lowest BCUT2D eigenvalue weighted by Gasteiger charge is -2.28. The van der Waals surface area contributed by atoms with Crippen LogP contribution in [0.25, 0.3) is 22.3 Å². The minimum Gasteiger partial charge on any atom is -0.544 e.